The molecule has 1 heterocycles. The number of amides is 2. The Hall–Kier alpha value is -1.43. The second-order valence-electron chi connectivity index (χ2n) is 7.45. The Bertz CT molecular complexity index is 462. The molecule has 1 aliphatic heterocycles. The number of hydrogen-bond donors (Lipinski definition) is 1. The minimum absolute atomic E-state index is 0.205. The van der Waals surface area contributed by atoms with Gasteiger partial charge in [-0.25, -0.2) is 0 Å². The first-order valence-corrected chi connectivity index (χ1v) is 9.67. The van der Waals surface area contributed by atoms with Gasteiger partial charge in [-0.2, -0.15) is 0 Å². The van der Waals surface area contributed by atoms with Crippen LogP contribution in [0.15, 0.2) is 0 Å². The van der Waals surface area contributed by atoms with Crippen LogP contribution in [0, 0.1) is 5.92 Å². The third-order valence-corrected chi connectivity index (χ3v) is 5.40. The van der Waals surface area contributed by atoms with Gasteiger partial charge in [-0.15, -0.1) is 0 Å². The van der Waals surface area contributed by atoms with E-state index in [4.69, 9.17) is 4.74 Å². The summed E-state index contributed by atoms with van der Waals surface area (Å²) < 4.78 is 5.97. The van der Waals surface area contributed by atoms with Crippen LogP contribution in [0.2, 0.25) is 0 Å². The lowest BCUT2D eigenvalue weighted by Gasteiger charge is -2.36. The normalized spacial score (nSPS) is 24.4. The van der Waals surface area contributed by atoms with Gasteiger partial charge in [-0.1, -0.05) is 19.3 Å². The zero-order valence-electron chi connectivity index (χ0n) is 15.5. The summed E-state index contributed by atoms with van der Waals surface area (Å²) in [7, 11) is 0. The van der Waals surface area contributed by atoms with Crippen LogP contribution < -0.4 is 5.32 Å². The second kappa shape index (κ2) is 9.90. The fourth-order valence-corrected chi connectivity index (χ4v) is 3.89. The molecule has 0 bridgehead atoms. The summed E-state index contributed by atoms with van der Waals surface area (Å²) in [4.78, 5) is 37.5. The summed E-state index contributed by atoms with van der Waals surface area (Å²) in [6.45, 7) is 4.43. The van der Waals surface area contributed by atoms with Crippen molar-refractivity contribution in [2.24, 2.45) is 5.92 Å². The molecule has 3 atom stereocenters. The molecule has 0 aromatic rings. The maximum Gasteiger partial charge on any atom is 0.248 e. The van der Waals surface area contributed by atoms with Crippen LogP contribution in [0.25, 0.3) is 0 Å². The number of aldehydes is 1. The average molecular weight is 352 g/mol. The molecule has 2 fully saturated rings. The Balaban J connectivity index is 1.98. The molecule has 2 rings (SSSR count). The Morgan fingerprint density at radius 2 is 1.84 bits per heavy atom. The van der Waals surface area contributed by atoms with Gasteiger partial charge in [0.25, 0.3) is 0 Å². The van der Waals surface area contributed by atoms with Crippen LogP contribution in [-0.4, -0.2) is 54.3 Å². The van der Waals surface area contributed by atoms with Crippen molar-refractivity contribution < 1.29 is 19.1 Å². The van der Waals surface area contributed by atoms with E-state index in [1.807, 2.05) is 6.92 Å². The van der Waals surface area contributed by atoms with Crippen LogP contribution in [0.3, 0.4) is 0 Å². The molecule has 0 aromatic carbocycles. The number of likely N-dealkylation sites (tertiary alicyclic amines) is 1. The molecule has 142 valence electrons. The highest BCUT2D eigenvalue weighted by Crippen LogP contribution is 2.24. The third-order valence-electron chi connectivity index (χ3n) is 5.40. The largest absolute Gasteiger partial charge is 0.376 e. The maximum atomic E-state index is 13.0. The molecule has 3 unspecified atom stereocenters. The zero-order valence-corrected chi connectivity index (χ0v) is 15.5. The Morgan fingerprint density at radius 3 is 2.48 bits per heavy atom. The second-order valence-corrected chi connectivity index (χ2v) is 7.45. The first-order chi connectivity index (χ1) is 12.0. The van der Waals surface area contributed by atoms with Gasteiger partial charge >= 0.3 is 0 Å². The van der Waals surface area contributed by atoms with Gasteiger partial charge in [0.2, 0.25) is 11.8 Å². The van der Waals surface area contributed by atoms with Crippen LogP contribution in [0.1, 0.15) is 65.2 Å². The molecule has 1 N–H and O–H groups in total. The quantitative estimate of drug-likeness (QED) is 0.712. The lowest BCUT2D eigenvalue weighted by atomic mass is 9.90. The highest BCUT2D eigenvalue weighted by atomic mass is 16.5. The predicted octanol–water partition coefficient (Wildman–Crippen LogP) is 2.06. The number of nitrogens with zero attached hydrogens (tertiary/aromatic N) is 1. The molecule has 25 heavy (non-hydrogen) atoms. The van der Waals surface area contributed by atoms with Gasteiger partial charge in [-0.05, 0) is 44.9 Å². The molecule has 6 nitrogen and oxygen atoms in total. The van der Waals surface area contributed by atoms with Crippen molar-refractivity contribution in [1.82, 2.24) is 10.2 Å². The molecule has 0 aromatic heterocycles. The monoisotopic (exact) mass is 352 g/mol. The van der Waals surface area contributed by atoms with Gasteiger partial charge in [0.05, 0.1) is 12.1 Å². The maximum absolute atomic E-state index is 13.0. The number of nitrogens with one attached hydrogen (secondary N) is 1. The molecule has 0 radical (unpaired) electrons. The van der Waals surface area contributed by atoms with Crippen molar-refractivity contribution in [1.29, 1.82) is 0 Å². The van der Waals surface area contributed by atoms with Gasteiger partial charge < -0.3 is 19.7 Å². The Morgan fingerprint density at radius 1 is 1.16 bits per heavy atom. The molecule has 2 aliphatic rings. The van der Waals surface area contributed by atoms with E-state index in [0.717, 1.165) is 19.1 Å². The summed E-state index contributed by atoms with van der Waals surface area (Å²) in [5.74, 6) is 0.0799. The van der Waals surface area contributed by atoms with Crippen LogP contribution in [0.4, 0.5) is 0 Å². The van der Waals surface area contributed by atoms with E-state index in [2.05, 4.69) is 5.32 Å². The zero-order chi connectivity index (χ0) is 18.2. The van der Waals surface area contributed by atoms with E-state index in [0.29, 0.717) is 25.5 Å². The van der Waals surface area contributed by atoms with E-state index in [1.54, 1.807) is 4.90 Å². The topological polar surface area (TPSA) is 75.7 Å². The van der Waals surface area contributed by atoms with Gasteiger partial charge in [0.15, 0.2) is 0 Å². The number of ether oxygens (including phenoxy) is 1. The van der Waals surface area contributed by atoms with E-state index in [1.165, 1.54) is 39.0 Å². The minimum atomic E-state index is -0.735. The number of carbonyl (C=O) groups excluding carboxylic acids is 3. The van der Waals surface area contributed by atoms with Crippen LogP contribution >= 0.6 is 0 Å². The fraction of sp³-hybridized carbons (Fsp3) is 0.842. The molecular formula is C19H32N2O4. The Kier molecular flexibility index (Phi) is 7.88. The number of piperidine rings is 1. The molecule has 1 saturated heterocycles. The van der Waals surface area contributed by atoms with Crippen molar-refractivity contribution in [3.8, 4) is 0 Å². The number of hydrogen-bond acceptors (Lipinski definition) is 4. The minimum Gasteiger partial charge on any atom is -0.376 e. The summed E-state index contributed by atoms with van der Waals surface area (Å²) in [5.41, 5.74) is 0. The standard InChI is InChI=1S/C19H32N2O4/c1-14(25-13-16-8-4-3-5-9-16)18(20-15(2)23)19(24)21-11-7-6-10-17(21)12-22/h12,14,16-18H,3-11,13H2,1-2H3,(H,20,23). The Labute approximate surface area is 150 Å². The molecular weight excluding hydrogens is 320 g/mol. The fourth-order valence-electron chi connectivity index (χ4n) is 3.89. The van der Waals surface area contributed by atoms with Crippen LogP contribution in [0.5, 0.6) is 0 Å². The van der Waals surface area contributed by atoms with E-state index in [-0.39, 0.29) is 17.9 Å². The van der Waals surface area contributed by atoms with E-state index in [9.17, 15) is 14.4 Å². The SMILES string of the molecule is CC(=O)NC(C(=O)N1CCCCC1C=O)C(C)OCC1CCCCC1. The van der Waals surface area contributed by atoms with E-state index >= 15 is 0 Å². The van der Waals surface area contributed by atoms with Crippen LogP contribution in [-0.2, 0) is 19.1 Å². The molecule has 6 heteroatoms. The van der Waals surface area contributed by atoms with E-state index < -0.39 is 12.1 Å². The summed E-state index contributed by atoms with van der Waals surface area (Å²) in [5, 5.41) is 2.74. The van der Waals surface area contributed by atoms with Crippen molar-refractivity contribution in [3.05, 3.63) is 0 Å². The van der Waals surface area contributed by atoms with Crippen molar-refractivity contribution in [3.63, 3.8) is 0 Å². The number of carbonyl (C=O) groups is 3. The molecule has 2 amide bonds. The van der Waals surface area contributed by atoms with Gasteiger partial charge in [0, 0.05) is 20.1 Å². The summed E-state index contributed by atoms with van der Waals surface area (Å²) in [6, 6.07) is -1.12. The molecule has 0 spiro atoms. The molecule has 1 aliphatic carbocycles. The lowest BCUT2D eigenvalue weighted by Crippen LogP contribution is -2.57. The first kappa shape index (κ1) is 19.9. The van der Waals surface area contributed by atoms with Crippen molar-refractivity contribution in [2.75, 3.05) is 13.2 Å². The first-order valence-electron chi connectivity index (χ1n) is 9.67. The van der Waals surface area contributed by atoms with Gasteiger partial charge in [0.1, 0.15) is 12.3 Å². The highest BCUT2D eigenvalue weighted by Gasteiger charge is 2.35. The third kappa shape index (κ3) is 5.80. The number of rotatable bonds is 7. The smallest absolute Gasteiger partial charge is 0.248 e. The molecule has 1 saturated carbocycles. The van der Waals surface area contributed by atoms with Crippen molar-refractivity contribution in [2.45, 2.75) is 83.4 Å². The average Bonchev–Trinajstić information content (AvgIpc) is 2.64. The summed E-state index contributed by atoms with van der Waals surface area (Å²) in [6.07, 6.45) is 9.08. The summed E-state index contributed by atoms with van der Waals surface area (Å²) >= 11 is 0. The van der Waals surface area contributed by atoms with Crippen molar-refractivity contribution >= 4 is 18.1 Å². The predicted molar refractivity (Wildman–Crippen MR) is 95.0 cm³/mol. The van der Waals surface area contributed by atoms with Gasteiger partial charge in [-0.3, -0.25) is 9.59 Å². The lowest BCUT2D eigenvalue weighted by molar-refractivity contribution is -0.145. The highest BCUT2D eigenvalue weighted by molar-refractivity contribution is 5.89.